The summed E-state index contributed by atoms with van der Waals surface area (Å²) in [4.78, 5) is 2.52. The normalized spacial score (nSPS) is 19.9. The third kappa shape index (κ3) is 3.01. The van der Waals surface area contributed by atoms with Gasteiger partial charge in [0.25, 0.3) is 0 Å². The Labute approximate surface area is 126 Å². The van der Waals surface area contributed by atoms with Gasteiger partial charge in [0.2, 0.25) is 0 Å². The molecule has 3 rings (SSSR count). The van der Waals surface area contributed by atoms with Crippen LogP contribution in [0.5, 0.6) is 0 Å². The molecule has 2 aromatic rings. The summed E-state index contributed by atoms with van der Waals surface area (Å²) >= 11 is 0. The Kier molecular flexibility index (Phi) is 4.08. The van der Waals surface area contributed by atoms with Gasteiger partial charge in [0, 0.05) is 43.5 Å². The molecule has 1 N–H and O–H groups in total. The maximum absolute atomic E-state index is 4.74. The van der Waals surface area contributed by atoms with Crippen molar-refractivity contribution in [1.29, 1.82) is 0 Å². The van der Waals surface area contributed by atoms with Gasteiger partial charge in [-0.3, -0.25) is 4.90 Å². The lowest BCUT2D eigenvalue weighted by molar-refractivity contribution is 0.199. The molecule has 1 aliphatic heterocycles. The van der Waals surface area contributed by atoms with E-state index in [4.69, 9.17) is 5.10 Å². The van der Waals surface area contributed by atoms with Crippen molar-refractivity contribution < 1.29 is 0 Å². The van der Waals surface area contributed by atoms with Crippen molar-refractivity contribution in [2.45, 2.75) is 33.4 Å². The van der Waals surface area contributed by atoms with Crippen molar-refractivity contribution in [2.24, 2.45) is 0 Å². The van der Waals surface area contributed by atoms with Gasteiger partial charge in [0.05, 0.1) is 11.4 Å². The number of aromatic nitrogens is 2. The van der Waals surface area contributed by atoms with E-state index in [0.29, 0.717) is 6.04 Å². The number of nitrogens with one attached hydrogen (secondary N) is 1. The van der Waals surface area contributed by atoms with Gasteiger partial charge in [0.1, 0.15) is 0 Å². The largest absolute Gasteiger partial charge is 0.312 e. The predicted molar refractivity (Wildman–Crippen MR) is 85.8 cm³/mol. The van der Waals surface area contributed by atoms with Crippen molar-refractivity contribution in [2.75, 3.05) is 19.6 Å². The molecule has 4 heteroatoms. The fourth-order valence-corrected chi connectivity index (χ4v) is 3.10. The van der Waals surface area contributed by atoms with Gasteiger partial charge in [-0.1, -0.05) is 18.2 Å². The molecule has 1 aliphatic rings. The van der Waals surface area contributed by atoms with E-state index in [-0.39, 0.29) is 0 Å². The molecule has 1 aromatic heterocycles. The van der Waals surface area contributed by atoms with E-state index in [2.05, 4.69) is 59.9 Å². The molecule has 1 fully saturated rings. The van der Waals surface area contributed by atoms with Crippen LogP contribution in [0.25, 0.3) is 5.69 Å². The molecular formula is C17H24N4. The summed E-state index contributed by atoms with van der Waals surface area (Å²) in [6, 6.07) is 10.9. The summed E-state index contributed by atoms with van der Waals surface area (Å²) in [6.45, 7) is 10.8. The molecule has 0 bridgehead atoms. The zero-order chi connectivity index (χ0) is 14.8. The topological polar surface area (TPSA) is 33.1 Å². The van der Waals surface area contributed by atoms with Gasteiger partial charge in [-0.05, 0) is 32.9 Å². The molecule has 0 radical (unpaired) electrons. The highest BCUT2D eigenvalue weighted by Gasteiger charge is 2.19. The van der Waals surface area contributed by atoms with E-state index in [0.717, 1.165) is 37.6 Å². The second kappa shape index (κ2) is 6.00. The van der Waals surface area contributed by atoms with Crippen molar-refractivity contribution in [1.82, 2.24) is 20.0 Å². The first-order valence-electron chi connectivity index (χ1n) is 7.71. The number of piperazine rings is 1. The van der Waals surface area contributed by atoms with Crippen LogP contribution in [0, 0.1) is 13.8 Å². The van der Waals surface area contributed by atoms with E-state index in [1.807, 2.05) is 6.07 Å². The lowest BCUT2D eigenvalue weighted by Crippen LogP contribution is -2.48. The number of aryl methyl sites for hydroxylation is 1. The summed E-state index contributed by atoms with van der Waals surface area (Å²) in [5.74, 6) is 0. The predicted octanol–water partition coefficient (Wildman–Crippen LogP) is 2.28. The highest BCUT2D eigenvalue weighted by atomic mass is 15.3. The van der Waals surface area contributed by atoms with Crippen LogP contribution in [0.4, 0.5) is 0 Å². The van der Waals surface area contributed by atoms with Crippen LogP contribution in [0.2, 0.25) is 0 Å². The van der Waals surface area contributed by atoms with Crippen molar-refractivity contribution >= 4 is 0 Å². The molecule has 2 heterocycles. The third-order valence-corrected chi connectivity index (χ3v) is 4.28. The molecule has 4 nitrogen and oxygen atoms in total. The van der Waals surface area contributed by atoms with Crippen molar-refractivity contribution in [3.05, 3.63) is 47.3 Å². The number of hydrogen-bond donors (Lipinski definition) is 1. The first-order chi connectivity index (χ1) is 10.1. The minimum atomic E-state index is 0.573. The van der Waals surface area contributed by atoms with E-state index >= 15 is 0 Å². The molecule has 0 amide bonds. The lowest BCUT2D eigenvalue weighted by Gasteiger charge is -2.31. The summed E-state index contributed by atoms with van der Waals surface area (Å²) in [6.07, 6.45) is 0. The van der Waals surface area contributed by atoms with Crippen LogP contribution in [-0.2, 0) is 6.54 Å². The SMILES string of the molecule is Cc1nn(-c2ccccc2)c(C)c1CN1CCNC(C)C1. The first kappa shape index (κ1) is 14.3. The smallest absolute Gasteiger partial charge is 0.0648 e. The second-order valence-electron chi connectivity index (χ2n) is 5.99. The minimum Gasteiger partial charge on any atom is -0.312 e. The monoisotopic (exact) mass is 284 g/mol. The average molecular weight is 284 g/mol. The molecule has 0 saturated carbocycles. The van der Waals surface area contributed by atoms with Crippen LogP contribution >= 0.6 is 0 Å². The van der Waals surface area contributed by atoms with E-state index in [1.165, 1.54) is 11.3 Å². The maximum atomic E-state index is 4.74. The first-order valence-corrected chi connectivity index (χ1v) is 7.71. The van der Waals surface area contributed by atoms with E-state index in [1.54, 1.807) is 0 Å². The Morgan fingerprint density at radius 2 is 2.00 bits per heavy atom. The van der Waals surface area contributed by atoms with Crippen LogP contribution in [0.1, 0.15) is 23.9 Å². The Morgan fingerprint density at radius 3 is 2.71 bits per heavy atom. The Hall–Kier alpha value is -1.65. The molecular weight excluding hydrogens is 260 g/mol. The lowest BCUT2D eigenvalue weighted by atomic mass is 10.1. The minimum absolute atomic E-state index is 0.573. The number of hydrogen-bond acceptors (Lipinski definition) is 3. The summed E-state index contributed by atoms with van der Waals surface area (Å²) < 4.78 is 2.07. The molecule has 21 heavy (non-hydrogen) atoms. The summed E-state index contributed by atoms with van der Waals surface area (Å²) in [5, 5.41) is 8.23. The quantitative estimate of drug-likeness (QED) is 0.939. The van der Waals surface area contributed by atoms with Gasteiger partial charge in [-0.2, -0.15) is 5.10 Å². The highest BCUT2D eigenvalue weighted by Crippen LogP contribution is 2.20. The standard InChI is InChI=1S/C17H24N4/c1-13-11-20(10-9-18-13)12-17-14(2)19-21(15(17)3)16-7-5-4-6-8-16/h4-8,13,18H,9-12H2,1-3H3. The fourth-order valence-electron chi connectivity index (χ4n) is 3.10. The van der Waals surface area contributed by atoms with Gasteiger partial charge in [-0.25, -0.2) is 4.68 Å². The van der Waals surface area contributed by atoms with Crippen LogP contribution in [-0.4, -0.2) is 40.4 Å². The van der Waals surface area contributed by atoms with Gasteiger partial charge >= 0.3 is 0 Å². The molecule has 1 aromatic carbocycles. The molecule has 0 aliphatic carbocycles. The maximum Gasteiger partial charge on any atom is 0.0648 e. The zero-order valence-corrected chi connectivity index (χ0v) is 13.1. The second-order valence-corrected chi connectivity index (χ2v) is 5.99. The van der Waals surface area contributed by atoms with Gasteiger partial charge in [-0.15, -0.1) is 0 Å². The van der Waals surface area contributed by atoms with E-state index < -0.39 is 0 Å². The van der Waals surface area contributed by atoms with Crippen LogP contribution in [0.3, 0.4) is 0 Å². The van der Waals surface area contributed by atoms with Gasteiger partial charge in [0.15, 0.2) is 0 Å². The van der Waals surface area contributed by atoms with Crippen LogP contribution in [0.15, 0.2) is 30.3 Å². The van der Waals surface area contributed by atoms with Gasteiger partial charge < -0.3 is 5.32 Å². The fraction of sp³-hybridized carbons (Fsp3) is 0.471. The highest BCUT2D eigenvalue weighted by molar-refractivity contribution is 5.36. The number of rotatable bonds is 3. The summed E-state index contributed by atoms with van der Waals surface area (Å²) in [5.41, 5.74) is 4.90. The average Bonchev–Trinajstić information content (AvgIpc) is 2.76. The van der Waals surface area contributed by atoms with Crippen LogP contribution < -0.4 is 5.32 Å². The molecule has 0 spiro atoms. The zero-order valence-electron chi connectivity index (χ0n) is 13.1. The van der Waals surface area contributed by atoms with Crippen molar-refractivity contribution in [3.8, 4) is 5.69 Å². The summed E-state index contributed by atoms with van der Waals surface area (Å²) in [7, 11) is 0. The molecule has 1 saturated heterocycles. The number of para-hydroxylation sites is 1. The Morgan fingerprint density at radius 1 is 1.24 bits per heavy atom. The third-order valence-electron chi connectivity index (χ3n) is 4.28. The Bertz CT molecular complexity index is 603. The Balaban J connectivity index is 1.85. The molecule has 1 atom stereocenters. The molecule has 1 unspecified atom stereocenters. The van der Waals surface area contributed by atoms with Crippen molar-refractivity contribution in [3.63, 3.8) is 0 Å². The number of benzene rings is 1. The molecule has 112 valence electrons. The number of nitrogens with zero attached hydrogens (tertiary/aromatic N) is 3. The van der Waals surface area contributed by atoms with E-state index in [9.17, 15) is 0 Å².